The summed E-state index contributed by atoms with van der Waals surface area (Å²) in [6.45, 7) is 3.20. The van der Waals surface area contributed by atoms with Gasteiger partial charge in [-0.1, -0.05) is 60.7 Å². The SMILES string of the molecule is CC(N)CCC(=O)N(Cc1ccccc1)Cc1ccccc1.Cl. The van der Waals surface area contributed by atoms with E-state index in [2.05, 4.69) is 24.3 Å². The van der Waals surface area contributed by atoms with E-state index in [4.69, 9.17) is 5.73 Å². The predicted octanol–water partition coefficient (Wildman–Crippen LogP) is 3.76. The van der Waals surface area contributed by atoms with E-state index in [1.54, 1.807) is 0 Å². The Kier molecular flexibility index (Phi) is 8.38. The number of hydrogen-bond donors (Lipinski definition) is 1. The lowest BCUT2D eigenvalue weighted by Gasteiger charge is -2.23. The van der Waals surface area contributed by atoms with Crippen LogP contribution in [0.15, 0.2) is 60.7 Å². The van der Waals surface area contributed by atoms with E-state index >= 15 is 0 Å². The summed E-state index contributed by atoms with van der Waals surface area (Å²) >= 11 is 0. The Hall–Kier alpha value is -1.84. The molecule has 0 saturated heterocycles. The summed E-state index contributed by atoms with van der Waals surface area (Å²) in [5.74, 6) is 0.157. The number of halogens is 1. The number of carbonyl (C=O) groups is 1. The molecule has 0 aliphatic heterocycles. The summed E-state index contributed by atoms with van der Waals surface area (Å²) in [4.78, 5) is 14.4. The van der Waals surface area contributed by atoms with Crippen LogP contribution in [0.3, 0.4) is 0 Å². The first-order valence-electron chi connectivity index (χ1n) is 7.76. The van der Waals surface area contributed by atoms with Crippen LogP contribution in [-0.2, 0) is 17.9 Å². The van der Waals surface area contributed by atoms with Gasteiger partial charge in [-0.25, -0.2) is 0 Å². The predicted molar refractivity (Wildman–Crippen MR) is 97.3 cm³/mol. The van der Waals surface area contributed by atoms with Gasteiger partial charge in [-0.05, 0) is 24.5 Å². The molecule has 1 atom stereocenters. The molecular formula is C19H25ClN2O. The maximum atomic E-state index is 12.5. The van der Waals surface area contributed by atoms with Crippen molar-refractivity contribution in [1.82, 2.24) is 4.90 Å². The molecule has 0 spiro atoms. The van der Waals surface area contributed by atoms with Gasteiger partial charge < -0.3 is 10.6 Å². The molecule has 2 aromatic carbocycles. The number of nitrogens with zero attached hydrogens (tertiary/aromatic N) is 1. The molecular weight excluding hydrogens is 308 g/mol. The summed E-state index contributed by atoms with van der Waals surface area (Å²) in [6, 6.07) is 20.3. The monoisotopic (exact) mass is 332 g/mol. The Morgan fingerprint density at radius 1 is 0.957 bits per heavy atom. The van der Waals surface area contributed by atoms with Gasteiger partial charge in [-0.3, -0.25) is 4.79 Å². The number of hydrogen-bond acceptors (Lipinski definition) is 2. The molecule has 0 radical (unpaired) electrons. The first kappa shape index (κ1) is 19.2. The fourth-order valence-corrected chi connectivity index (χ4v) is 2.35. The van der Waals surface area contributed by atoms with Crippen LogP contribution < -0.4 is 5.73 Å². The Labute approximate surface area is 144 Å². The van der Waals surface area contributed by atoms with Crippen LogP contribution >= 0.6 is 12.4 Å². The highest BCUT2D eigenvalue weighted by Crippen LogP contribution is 2.12. The average molecular weight is 333 g/mol. The molecule has 2 rings (SSSR count). The van der Waals surface area contributed by atoms with Crippen molar-refractivity contribution in [3.63, 3.8) is 0 Å². The molecule has 0 aromatic heterocycles. The van der Waals surface area contributed by atoms with Gasteiger partial charge in [0.05, 0.1) is 0 Å². The van der Waals surface area contributed by atoms with Crippen molar-refractivity contribution >= 4 is 18.3 Å². The molecule has 0 bridgehead atoms. The smallest absolute Gasteiger partial charge is 0.223 e. The van der Waals surface area contributed by atoms with Crippen molar-refractivity contribution in [3.8, 4) is 0 Å². The Balaban J connectivity index is 0.00000264. The summed E-state index contributed by atoms with van der Waals surface area (Å²) < 4.78 is 0. The molecule has 124 valence electrons. The van der Waals surface area contributed by atoms with E-state index in [0.717, 1.165) is 17.5 Å². The zero-order chi connectivity index (χ0) is 15.8. The topological polar surface area (TPSA) is 46.3 Å². The summed E-state index contributed by atoms with van der Waals surface area (Å²) in [5.41, 5.74) is 8.07. The molecule has 4 heteroatoms. The second kappa shape index (κ2) is 10.0. The molecule has 0 fully saturated rings. The van der Waals surface area contributed by atoms with Crippen molar-refractivity contribution < 1.29 is 4.79 Å². The van der Waals surface area contributed by atoms with Gasteiger partial charge in [0, 0.05) is 25.6 Å². The third kappa shape index (κ3) is 6.85. The average Bonchev–Trinajstić information content (AvgIpc) is 2.54. The van der Waals surface area contributed by atoms with Gasteiger partial charge in [0.15, 0.2) is 0 Å². The van der Waals surface area contributed by atoms with E-state index in [-0.39, 0.29) is 24.4 Å². The van der Waals surface area contributed by atoms with Gasteiger partial charge in [0.25, 0.3) is 0 Å². The lowest BCUT2D eigenvalue weighted by atomic mass is 10.1. The quantitative estimate of drug-likeness (QED) is 0.839. The molecule has 0 heterocycles. The molecule has 0 aliphatic carbocycles. The summed E-state index contributed by atoms with van der Waals surface area (Å²) in [7, 11) is 0. The minimum atomic E-state index is 0. The van der Waals surface area contributed by atoms with Crippen LogP contribution in [0.5, 0.6) is 0 Å². The van der Waals surface area contributed by atoms with E-state index in [9.17, 15) is 4.79 Å². The first-order chi connectivity index (χ1) is 10.6. The van der Waals surface area contributed by atoms with E-state index < -0.39 is 0 Å². The third-order valence-corrected chi connectivity index (χ3v) is 3.60. The van der Waals surface area contributed by atoms with Gasteiger partial charge in [0.1, 0.15) is 0 Å². The molecule has 1 unspecified atom stereocenters. The van der Waals surface area contributed by atoms with Crippen LogP contribution in [0.1, 0.15) is 30.9 Å². The minimum absolute atomic E-state index is 0. The maximum absolute atomic E-state index is 12.5. The number of carbonyl (C=O) groups excluding carboxylic acids is 1. The lowest BCUT2D eigenvalue weighted by molar-refractivity contribution is -0.132. The molecule has 0 aliphatic rings. The lowest BCUT2D eigenvalue weighted by Crippen LogP contribution is -2.31. The fraction of sp³-hybridized carbons (Fsp3) is 0.316. The van der Waals surface area contributed by atoms with Crippen molar-refractivity contribution in [2.45, 2.75) is 38.9 Å². The third-order valence-electron chi connectivity index (χ3n) is 3.60. The van der Waals surface area contributed by atoms with Crippen LogP contribution in [0.25, 0.3) is 0 Å². The highest BCUT2D eigenvalue weighted by Gasteiger charge is 2.15. The molecule has 23 heavy (non-hydrogen) atoms. The van der Waals surface area contributed by atoms with Crippen LogP contribution in [-0.4, -0.2) is 16.8 Å². The van der Waals surface area contributed by atoms with Crippen LogP contribution in [0, 0.1) is 0 Å². The van der Waals surface area contributed by atoms with Gasteiger partial charge in [0.2, 0.25) is 5.91 Å². The largest absolute Gasteiger partial charge is 0.334 e. The molecule has 1 amide bonds. The maximum Gasteiger partial charge on any atom is 0.223 e. The highest BCUT2D eigenvalue weighted by molar-refractivity contribution is 5.85. The number of benzene rings is 2. The zero-order valence-corrected chi connectivity index (χ0v) is 14.3. The number of amides is 1. The normalized spacial score (nSPS) is 11.4. The van der Waals surface area contributed by atoms with E-state index in [1.807, 2.05) is 48.2 Å². The van der Waals surface area contributed by atoms with E-state index in [0.29, 0.717) is 19.5 Å². The van der Waals surface area contributed by atoms with Crippen molar-refractivity contribution in [1.29, 1.82) is 0 Å². The van der Waals surface area contributed by atoms with Crippen LogP contribution in [0.2, 0.25) is 0 Å². The number of nitrogens with two attached hydrogens (primary N) is 1. The number of rotatable bonds is 7. The Morgan fingerprint density at radius 3 is 1.78 bits per heavy atom. The van der Waals surface area contributed by atoms with Crippen molar-refractivity contribution in [3.05, 3.63) is 71.8 Å². The molecule has 2 N–H and O–H groups in total. The first-order valence-corrected chi connectivity index (χ1v) is 7.76. The highest BCUT2D eigenvalue weighted by atomic mass is 35.5. The van der Waals surface area contributed by atoms with Crippen molar-refractivity contribution in [2.75, 3.05) is 0 Å². The van der Waals surface area contributed by atoms with Crippen molar-refractivity contribution in [2.24, 2.45) is 5.73 Å². The minimum Gasteiger partial charge on any atom is -0.334 e. The van der Waals surface area contributed by atoms with Gasteiger partial charge in [-0.2, -0.15) is 0 Å². The van der Waals surface area contributed by atoms with Gasteiger partial charge >= 0.3 is 0 Å². The van der Waals surface area contributed by atoms with Gasteiger partial charge in [-0.15, -0.1) is 12.4 Å². The summed E-state index contributed by atoms with van der Waals surface area (Å²) in [6.07, 6.45) is 1.22. The van der Waals surface area contributed by atoms with E-state index in [1.165, 1.54) is 0 Å². The van der Waals surface area contributed by atoms with Crippen LogP contribution in [0.4, 0.5) is 0 Å². The second-order valence-electron chi connectivity index (χ2n) is 5.74. The Morgan fingerprint density at radius 2 is 1.39 bits per heavy atom. The molecule has 0 saturated carbocycles. The zero-order valence-electron chi connectivity index (χ0n) is 13.5. The second-order valence-corrected chi connectivity index (χ2v) is 5.74. The standard InChI is InChI=1S/C19H24N2O.ClH/c1-16(20)12-13-19(22)21(14-17-8-4-2-5-9-17)15-18-10-6-3-7-11-18;/h2-11,16H,12-15,20H2,1H3;1H. The Bertz CT molecular complexity index is 531. The fourth-order valence-electron chi connectivity index (χ4n) is 2.35. The molecule has 3 nitrogen and oxygen atoms in total. The summed E-state index contributed by atoms with van der Waals surface area (Å²) in [5, 5.41) is 0. The molecule has 2 aromatic rings.